The number of nitrogens with zero attached hydrogens (tertiary/aromatic N) is 1. The van der Waals surface area contributed by atoms with Crippen LogP contribution in [-0.4, -0.2) is 35.3 Å². The van der Waals surface area contributed by atoms with Crippen molar-refractivity contribution >= 4 is 23.7 Å². The number of terminal acetylenes is 1. The molecule has 0 saturated carbocycles. The molecule has 0 aromatic carbocycles. The second kappa shape index (κ2) is 12.9. The van der Waals surface area contributed by atoms with Gasteiger partial charge in [0.1, 0.15) is 0 Å². The van der Waals surface area contributed by atoms with E-state index in [1.165, 1.54) is 0 Å². The summed E-state index contributed by atoms with van der Waals surface area (Å²) in [7, 11) is 0. The van der Waals surface area contributed by atoms with Crippen LogP contribution in [0.15, 0.2) is 0 Å². The fourth-order valence-electron chi connectivity index (χ4n) is 2.64. The molecular formula is C19H28N2O5. The van der Waals surface area contributed by atoms with Gasteiger partial charge in [-0.15, -0.1) is 11.5 Å². The zero-order valence-corrected chi connectivity index (χ0v) is 15.3. The molecule has 1 heterocycles. The summed E-state index contributed by atoms with van der Waals surface area (Å²) in [4.78, 5) is 50.2. The van der Waals surface area contributed by atoms with Crippen LogP contribution in [0.4, 0.5) is 0 Å². The molecule has 3 amide bonds. The lowest BCUT2D eigenvalue weighted by atomic mass is 10.1. The van der Waals surface area contributed by atoms with Gasteiger partial charge in [0.05, 0.1) is 6.42 Å². The molecule has 0 aliphatic carbocycles. The van der Waals surface area contributed by atoms with Crippen LogP contribution in [0.1, 0.15) is 77.0 Å². The highest BCUT2D eigenvalue weighted by molar-refractivity contribution is 6.01. The lowest BCUT2D eigenvalue weighted by molar-refractivity contribution is -0.197. The van der Waals surface area contributed by atoms with Crippen LogP contribution >= 0.6 is 0 Å². The molecule has 0 unspecified atom stereocenters. The van der Waals surface area contributed by atoms with E-state index in [9.17, 15) is 19.2 Å². The molecule has 26 heavy (non-hydrogen) atoms. The van der Waals surface area contributed by atoms with Crippen molar-refractivity contribution in [2.24, 2.45) is 0 Å². The lowest BCUT2D eigenvalue weighted by Crippen LogP contribution is -2.31. The average molecular weight is 364 g/mol. The second-order valence-corrected chi connectivity index (χ2v) is 6.35. The Morgan fingerprint density at radius 2 is 1.50 bits per heavy atom. The Labute approximate surface area is 154 Å². The molecule has 1 N–H and O–H groups in total. The summed E-state index contributed by atoms with van der Waals surface area (Å²) in [5.74, 6) is 0.797. The molecule has 1 aliphatic rings. The molecule has 7 heteroatoms. The van der Waals surface area contributed by atoms with Gasteiger partial charge in [-0.25, -0.2) is 4.79 Å². The van der Waals surface area contributed by atoms with Crippen LogP contribution in [0.25, 0.3) is 0 Å². The Morgan fingerprint density at radius 1 is 0.962 bits per heavy atom. The topological polar surface area (TPSA) is 92.8 Å². The first-order valence-corrected chi connectivity index (χ1v) is 9.31. The van der Waals surface area contributed by atoms with Gasteiger partial charge in [-0.05, 0) is 12.8 Å². The zero-order valence-electron chi connectivity index (χ0n) is 15.3. The van der Waals surface area contributed by atoms with E-state index in [0.29, 0.717) is 18.0 Å². The number of hydroxylamine groups is 2. The van der Waals surface area contributed by atoms with Crippen molar-refractivity contribution < 1.29 is 24.0 Å². The van der Waals surface area contributed by atoms with Crippen molar-refractivity contribution in [3.05, 3.63) is 0 Å². The molecule has 0 bridgehead atoms. The number of rotatable bonds is 13. The van der Waals surface area contributed by atoms with Gasteiger partial charge in [-0.1, -0.05) is 44.4 Å². The van der Waals surface area contributed by atoms with Gasteiger partial charge < -0.3 is 10.2 Å². The quantitative estimate of drug-likeness (QED) is 0.307. The first kappa shape index (κ1) is 21.7. The average Bonchev–Trinajstić information content (AvgIpc) is 2.92. The third-order valence-corrected chi connectivity index (χ3v) is 4.09. The third kappa shape index (κ3) is 9.21. The second-order valence-electron chi connectivity index (χ2n) is 6.35. The summed E-state index contributed by atoms with van der Waals surface area (Å²) < 4.78 is 0. The Kier molecular flexibility index (Phi) is 10.8. The zero-order chi connectivity index (χ0) is 19.2. The minimum Gasteiger partial charge on any atom is -0.355 e. The highest BCUT2D eigenvalue weighted by atomic mass is 16.7. The van der Waals surface area contributed by atoms with Crippen LogP contribution in [-0.2, 0) is 24.0 Å². The van der Waals surface area contributed by atoms with E-state index < -0.39 is 17.8 Å². The van der Waals surface area contributed by atoms with Gasteiger partial charge >= 0.3 is 5.97 Å². The van der Waals surface area contributed by atoms with Gasteiger partial charge in [0.25, 0.3) is 11.8 Å². The minimum atomic E-state index is -0.527. The van der Waals surface area contributed by atoms with Gasteiger partial charge in [0.2, 0.25) is 5.91 Å². The Bertz CT molecular complexity index is 523. The predicted molar refractivity (Wildman–Crippen MR) is 95.2 cm³/mol. The lowest BCUT2D eigenvalue weighted by Gasteiger charge is -2.12. The standard InChI is InChI=1S/C19H28N2O5/c1-2-11-16(22)20-15-10-8-6-4-3-5-7-9-12-19(25)26-21-17(23)13-14-18(21)24/h1H,3-15H2,(H,20,22). The molecular weight excluding hydrogens is 336 g/mol. The third-order valence-electron chi connectivity index (χ3n) is 4.09. The molecule has 1 fully saturated rings. The summed E-state index contributed by atoms with van der Waals surface area (Å²) >= 11 is 0. The SMILES string of the molecule is C#CCC(=O)NCCCCCCCCCCC(=O)ON1C(=O)CCC1=O. The van der Waals surface area contributed by atoms with Crippen molar-refractivity contribution in [2.45, 2.75) is 77.0 Å². The van der Waals surface area contributed by atoms with E-state index >= 15 is 0 Å². The normalized spacial score (nSPS) is 13.6. The maximum Gasteiger partial charge on any atom is 0.333 e. The summed E-state index contributed by atoms with van der Waals surface area (Å²) in [5.41, 5.74) is 0. The molecule has 0 aromatic heterocycles. The highest BCUT2D eigenvalue weighted by Crippen LogP contribution is 2.14. The van der Waals surface area contributed by atoms with E-state index in [-0.39, 0.29) is 31.6 Å². The number of carbonyl (C=O) groups excluding carboxylic acids is 4. The van der Waals surface area contributed by atoms with Crippen molar-refractivity contribution in [1.82, 2.24) is 10.4 Å². The molecule has 0 aromatic rings. The van der Waals surface area contributed by atoms with Crippen LogP contribution in [0.5, 0.6) is 0 Å². The van der Waals surface area contributed by atoms with Crippen LogP contribution in [0, 0.1) is 12.3 Å². The van der Waals surface area contributed by atoms with Gasteiger partial charge in [0.15, 0.2) is 0 Å². The Hall–Kier alpha value is -2.36. The largest absolute Gasteiger partial charge is 0.355 e. The summed E-state index contributed by atoms with van der Waals surface area (Å²) in [6.45, 7) is 0.671. The molecule has 1 rings (SSSR count). The first-order valence-electron chi connectivity index (χ1n) is 9.31. The van der Waals surface area contributed by atoms with Gasteiger partial charge in [0, 0.05) is 25.8 Å². The van der Waals surface area contributed by atoms with Gasteiger partial charge in [-0.2, -0.15) is 0 Å². The fourth-order valence-corrected chi connectivity index (χ4v) is 2.64. The summed E-state index contributed by atoms with van der Waals surface area (Å²) in [6, 6.07) is 0. The molecule has 0 atom stereocenters. The maximum atomic E-state index is 11.6. The van der Waals surface area contributed by atoms with E-state index in [4.69, 9.17) is 11.3 Å². The molecule has 0 radical (unpaired) electrons. The molecule has 144 valence electrons. The molecule has 7 nitrogen and oxygen atoms in total. The van der Waals surface area contributed by atoms with E-state index in [2.05, 4.69) is 11.2 Å². The fraction of sp³-hybridized carbons (Fsp3) is 0.684. The monoisotopic (exact) mass is 364 g/mol. The highest BCUT2D eigenvalue weighted by Gasteiger charge is 2.32. The number of unbranched alkanes of at least 4 members (excludes halogenated alkanes) is 7. The first-order chi connectivity index (χ1) is 12.5. The Morgan fingerprint density at radius 3 is 2.08 bits per heavy atom. The van der Waals surface area contributed by atoms with E-state index in [1.807, 2.05) is 0 Å². The summed E-state index contributed by atoms with van der Waals surface area (Å²) in [6.07, 6.45) is 13.6. The number of nitrogens with one attached hydrogen (secondary N) is 1. The number of hydrogen-bond acceptors (Lipinski definition) is 5. The van der Waals surface area contributed by atoms with Crippen molar-refractivity contribution in [1.29, 1.82) is 0 Å². The number of amides is 3. The van der Waals surface area contributed by atoms with E-state index in [0.717, 1.165) is 44.9 Å². The van der Waals surface area contributed by atoms with Crippen LogP contribution in [0.2, 0.25) is 0 Å². The summed E-state index contributed by atoms with van der Waals surface area (Å²) in [5, 5.41) is 3.37. The van der Waals surface area contributed by atoms with Crippen molar-refractivity contribution in [2.75, 3.05) is 6.54 Å². The maximum absolute atomic E-state index is 11.6. The number of carbonyl (C=O) groups is 4. The predicted octanol–water partition coefficient (Wildman–Crippen LogP) is 2.24. The minimum absolute atomic E-state index is 0.0931. The Balaban J connectivity index is 1.88. The van der Waals surface area contributed by atoms with Crippen LogP contribution in [0.3, 0.4) is 0 Å². The molecule has 0 spiro atoms. The van der Waals surface area contributed by atoms with E-state index in [1.54, 1.807) is 0 Å². The van der Waals surface area contributed by atoms with Gasteiger partial charge in [-0.3, -0.25) is 14.4 Å². The number of imide groups is 1. The smallest absolute Gasteiger partial charge is 0.333 e. The van der Waals surface area contributed by atoms with Crippen molar-refractivity contribution in [3.63, 3.8) is 0 Å². The number of hydrogen-bond donors (Lipinski definition) is 1. The van der Waals surface area contributed by atoms with Crippen LogP contribution < -0.4 is 5.32 Å². The van der Waals surface area contributed by atoms with Crippen molar-refractivity contribution in [3.8, 4) is 12.3 Å². The molecule has 1 saturated heterocycles. The molecule has 1 aliphatic heterocycles.